The molecule has 0 fully saturated rings. The van der Waals surface area contributed by atoms with Crippen LogP contribution in [-0.2, 0) is 10.0 Å². The summed E-state index contributed by atoms with van der Waals surface area (Å²) in [5.74, 6) is -0.261. The van der Waals surface area contributed by atoms with Crippen molar-refractivity contribution in [2.24, 2.45) is 0 Å². The van der Waals surface area contributed by atoms with E-state index in [0.717, 1.165) is 24.2 Å². The van der Waals surface area contributed by atoms with Crippen LogP contribution in [0.2, 0.25) is 0 Å². The predicted octanol–water partition coefficient (Wildman–Crippen LogP) is 2.55. The average Bonchev–Trinajstić information content (AvgIpc) is 2.65. The molecular weight excluding hydrogens is 362 g/mol. The van der Waals surface area contributed by atoms with Gasteiger partial charge in [0.25, 0.3) is 5.91 Å². The summed E-state index contributed by atoms with van der Waals surface area (Å²) < 4.78 is 26.7. The van der Waals surface area contributed by atoms with Crippen LogP contribution < -0.4 is 14.9 Å². The average molecular weight is 390 g/mol. The molecule has 0 saturated heterocycles. The van der Waals surface area contributed by atoms with Gasteiger partial charge in [-0.2, -0.15) is 0 Å². The minimum Gasteiger partial charge on any atom is -0.375 e. The Hall–Kier alpha value is -2.38. The maximum Gasteiger partial charge on any atom is 0.251 e. The van der Waals surface area contributed by atoms with Crippen LogP contribution >= 0.6 is 0 Å². The summed E-state index contributed by atoms with van der Waals surface area (Å²) in [7, 11) is -1.58. The second-order valence-electron chi connectivity index (χ2n) is 6.34. The van der Waals surface area contributed by atoms with Gasteiger partial charge < -0.3 is 10.2 Å². The van der Waals surface area contributed by atoms with E-state index >= 15 is 0 Å². The monoisotopic (exact) mass is 389 g/mol. The largest absolute Gasteiger partial charge is 0.375 e. The molecule has 7 heteroatoms. The summed E-state index contributed by atoms with van der Waals surface area (Å²) in [6.45, 7) is 5.12. The fraction of sp³-hybridized carbons (Fsp3) is 0.350. The van der Waals surface area contributed by atoms with Gasteiger partial charge in [0.05, 0.1) is 4.90 Å². The van der Waals surface area contributed by atoms with Gasteiger partial charge in [-0.3, -0.25) is 4.79 Å². The fourth-order valence-corrected chi connectivity index (χ4v) is 3.78. The zero-order valence-corrected chi connectivity index (χ0v) is 16.8. The van der Waals surface area contributed by atoms with E-state index in [1.54, 1.807) is 19.9 Å². The van der Waals surface area contributed by atoms with Crippen molar-refractivity contribution in [3.8, 4) is 0 Å². The van der Waals surface area contributed by atoms with Crippen molar-refractivity contribution in [1.29, 1.82) is 0 Å². The zero-order chi connectivity index (χ0) is 19.9. The van der Waals surface area contributed by atoms with Gasteiger partial charge in [-0.1, -0.05) is 31.2 Å². The van der Waals surface area contributed by atoms with Gasteiger partial charge in [0.1, 0.15) is 0 Å². The Kier molecular flexibility index (Phi) is 7.38. The minimum atomic E-state index is -3.59. The lowest BCUT2D eigenvalue weighted by atomic mass is 10.1. The molecule has 0 aromatic heterocycles. The Morgan fingerprint density at radius 2 is 1.81 bits per heavy atom. The third-order valence-electron chi connectivity index (χ3n) is 4.25. The number of amides is 1. The highest BCUT2D eigenvalue weighted by Gasteiger charge is 2.17. The quantitative estimate of drug-likeness (QED) is 0.646. The first-order valence-electron chi connectivity index (χ1n) is 9.00. The Labute approximate surface area is 161 Å². The Bertz CT molecular complexity index is 867. The lowest BCUT2D eigenvalue weighted by Crippen LogP contribution is -2.29. The first kappa shape index (κ1) is 20.9. The zero-order valence-electron chi connectivity index (χ0n) is 16.0. The van der Waals surface area contributed by atoms with Gasteiger partial charge in [0.15, 0.2) is 0 Å². The number of rotatable bonds is 9. The predicted molar refractivity (Wildman–Crippen MR) is 109 cm³/mol. The van der Waals surface area contributed by atoms with Crippen molar-refractivity contribution < 1.29 is 13.2 Å². The number of hydrogen-bond acceptors (Lipinski definition) is 4. The van der Waals surface area contributed by atoms with Gasteiger partial charge in [-0.15, -0.1) is 0 Å². The topological polar surface area (TPSA) is 78.5 Å². The summed E-state index contributed by atoms with van der Waals surface area (Å²) in [6.07, 6.45) is 0.783. The van der Waals surface area contributed by atoms with Crippen LogP contribution in [0.25, 0.3) is 0 Å². The van der Waals surface area contributed by atoms with Crippen molar-refractivity contribution in [3.63, 3.8) is 0 Å². The molecule has 2 aromatic carbocycles. The van der Waals surface area contributed by atoms with E-state index in [1.165, 1.54) is 12.1 Å². The lowest BCUT2D eigenvalue weighted by molar-refractivity contribution is 0.0952. The van der Waals surface area contributed by atoms with E-state index in [1.807, 2.05) is 37.4 Å². The maximum absolute atomic E-state index is 12.5. The molecule has 0 saturated carbocycles. The summed E-state index contributed by atoms with van der Waals surface area (Å²) in [5.41, 5.74) is 2.25. The van der Waals surface area contributed by atoms with E-state index in [2.05, 4.69) is 14.9 Å². The van der Waals surface area contributed by atoms with Gasteiger partial charge in [-0.25, -0.2) is 13.1 Å². The smallest absolute Gasteiger partial charge is 0.251 e. The standard InChI is InChI=1S/C20H27N3O3S/c1-4-22-27(25,26)18-12-11-16(2)19(15-18)20(24)21-13-8-14-23(3)17-9-6-5-7-10-17/h5-7,9-12,15,22H,4,8,13-14H2,1-3H3,(H,21,24). The molecule has 2 N–H and O–H groups in total. The third-order valence-corrected chi connectivity index (χ3v) is 5.79. The Balaban J connectivity index is 1.94. The number of carbonyl (C=O) groups is 1. The van der Waals surface area contributed by atoms with Crippen molar-refractivity contribution in [3.05, 3.63) is 59.7 Å². The highest BCUT2D eigenvalue weighted by Crippen LogP contribution is 2.16. The SMILES string of the molecule is CCNS(=O)(=O)c1ccc(C)c(C(=O)NCCCN(C)c2ccccc2)c1. The van der Waals surface area contributed by atoms with Gasteiger partial charge in [0.2, 0.25) is 10.0 Å². The van der Waals surface area contributed by atoms with E-state index in [4.69, 9.17) is 0 Å². The number of aryl methyl sites for hydroxylation is 1. The molecule has 27 heavy (non-hydrogen) atoms. The highest BCUT2D eigenvalue weighted by molar-refractivity contribution is 7.89. The highest BCUT2D eigenvalue weighted by atomic mass is 32.2. The minimum absolute atomic E-state index is 0.101. The normalized spacial score (nSPS) is 11.2. The molecule has 1 amide bonds. The number of hydrogen-bond donors (Lipinski definition) is 2. The molecule has 0 heterocycles. The third kappa shape index (κ3) is 5.80. The molecule has 0 atom stereocenters. The molecule has 6 nitrogen and oxygen atoms in total. The van der Waals surface area contributed by atoms with Crippen LogP contribution in [-0.4, -0.2) is 41.0 Å². The van der Waals surface area contributed by atoms with Crippen molar-refractivity contribution in [2.75, 3.05) is 31.6 Å². The number of benzene rings is 2. The second-order valence-corrected chi connectivity index (χ2v) is 8.11. The molecule has 0 spiro atoms. The maximum atomic E-state index is 12.5. The number of sulfonamides is 1. The van der Waals surface area contributed by atoms with Gasteiger partial charge >= 0.3 is 0 Å². The molecule has 2 aromatic rings. The Morgan fingerprint density at radius 1 is 1.11 bits per heavy atom. The molecule has 0 aliphatic carbocycles. The molecule has 0 bridgehead atoms. The molecule has 2 rings (SSSR count). The Morgan fingerprint density at radius 3 is 2.48 bits per heavy atom. The van der Waals surface area contributed by atoms with Crippen LogP contribution in [0.1, 0.15) is 29.3 Å². The van der Waals surface area contributed by atoms with Gasteiger partial charge in [-0.05, 0) is 43.2 Å². The lowest BCUT2D eigenvalue weighted by Gasteiger charge is -2.19. The van der Waals surface area contributed by atoms with Crippen molar-refractivity contribution in [2.45, 2.75) is 25.2 Å². The van der Waals surface area contributed by atoms with Crippen LogP contribution in [0.5, 0.6) is 0 Å². The van der Waals surface area contributed by atoms with E-state index in [9.17, 15) is 13.2 Å². The van der Waals surface area contributed by atoms with E-state index < -0.39 is 10.0 Å². The van der Waals surface area contributed by atoms with Crippen LogP contribution in [0, 0.1) is 6.92 Å². The first-order valence-corrected chi connectivity index (χ1v) is 10.5. The molecule has 0 aliphatic rings. The molecule has 0 unspecified atom stereocenters. The van der Waals surface area contributed by atoms with E-state index in [0.29, 0.717) is 18.7 Å². The van der Waals surface area contributed by atoms with Crippen molar-refractivity contribution in [1.82, 2.24) is 10.0 Å². The number of anilines is 1. The van der Waals surface area contributed by atoms with Gasteiger partial charge in [0, 0.05) is 37.9 Å². The summed E-state index contributed by atoms with van der Waals surface area (Å²) in [5, 5.41) is 2.88. The van der Waals surface area contributed by atoms with Crippen LogP contribution in [0.4, 0.5) is 5.69 Å². The van der Waals surface area contributed by atoms with Crippen molar-refractivity contribution >= 4 is 21.6 Å². The summed E-state index contributed by atoms with van der Waals surface area (Å²) in [4.78, 5) is 14.7. The first-order chi connectivity index (χ1) is 12.8. The number of carbonyl (C=O) groups excluding carboxylic acids is 1. The fourth-order valence-electron chi connectivity index (χ4n) is 2.71. The number of nitrogens with one attached hydrogen (secondary N) is 2. The van der Waals surface area contributed by atoms with E-state index in [-0.39, 0.29) is 10.8 Å². The van der Waals surface area contributed by atoms with Crippen LogP contribution in [0.3, 0.4) is 0 Å². The van der Waals surface area contributed by atoms with Crippen LogP contribution in [0.15, 0.2) is 53.4 Å². The number of nitrogens with zero attached hydrogens (tertiary/aromatic N) is 1. The molecule has 0 radical (unpaired) electrons. The molecular formula is C20H27N3O3S. The molecule has 0 aliphatic heterocycles. The second kappa shape index (κ2) is 9.53. The number of para-hydroxylation sites is 1. The molecule has 146 valence electrons. The summed E-state index contributed by atoms with van der Waals surface area (Å²) in [6, 6.07) is 14.6. The summed E-state index contributed by atoms with van der Waals surface area (Å²) >= 11 is 0.